The first-order valence-corrected chi connectivity index (χ1v) is 5.33. The summed E-state index contributed by atoms with van der Waals surface area (Å²) in [6, 6.07) is 7.75. The first kappa shape index (κ1) is 10.5. The van der Waals surface area contributed by atoms with Crippen LogP contribution in [0.1, 0.15) is 12.0 Å². The number of hydrogen-bond donors (Lipinski definition) is 0. The van der Waals surface area contributed by atoms with Gasteiger partial charge in [0.25, 0.3) is 0 Å². The molecule has 0 bridgehead atoms. The van der Waals surface area contributed by atoms with Crippen molar-refractivity contribution in [3.63, 3.8) is 0 Å². The maximum absolute atomic E-state index is 11.8. The molecule has 1 aromatic rings. The standard InChI is InChI=1S/C10H12BrFO/c11-8-9-4-1-2-5-10(9)13-7-3-6-12/h1-2,4-5H,3,6-8H2. The van der Waals surface area contributed by atoms with Gasteiger partial charge in [-0.15, -0.1) is 0 Å². The number of alkyl halides is 2. The third-order valence-electron chi connectivity index (χ3n) is 1.65. The molecule has 0 N–H and O–H groups in total. The van der Waals surface area contributed by atoms with Crippen LogP contribution in [0.25, 0.3) is 0 Å². The Balaban J connectivity index is 2.54. The predicted octanol–water partition coefficient (Wildman–Crippen LogP) is 3.32. The van der Waals surface area contributed by atoms with Crippen molar-refractivity contribution in [2.45, 2.75) is 11.8 Å². The van der Waals surface area contributed by atoms with Crippen LogP contribution in [0.4, 0.5) is 4.39 Å². The summed E-state index contributed by atoms with van der Waals surface area (Å²) < 4.78 is 17.2. The molecule has 0 aliphatic carbocycles. The van der Waals surface area contributed by atoms with Crippen molar-refractivity contribution in [1.29, 1.82) is 0 Å². The zero-order chi connectivity index (χ0) is 9.52. The maximum atomic E-state index is 11.8. The van der Waals surface area contributed by atoms with Crippen molar-refractivity contribution < 1.29 is 9.13 Å². The molecule has 1 aromatic carbocycles. The summed E-state index contributed by atoms with van der Waals surface area (Å²) >= 11 is 3.36. The van der Waals surface area contributed by atoms with E-state index in [1.54, 1.807) is 0 Å². The summed E-state index contributed by atoms with van der Waals surface area (Å²) in [4.78, 5) is 0. The molecule has 0 aromatic heterocycles. The molecular formula is C10H12BrFO. The molecule has 0 saturated heterocycles. The molecule has 3 heteroatoms. The predicted molar refractivity (Wildman–Crippen MR) is 55.2 cm³/mol. The van der Waals surface area contributed by atoms with Crippen LogP contribution in [0.5, 0.6) is 5.75 Å². The van der Waals surface area contributed by atoms with Crippen LogP contribution >= 0.6 is 15.9 Å². The molecule has 1 nitrogen and oxygen atoms in total. The van der Waals surface area contributed by atoms with Gasteiger partial charge in [-0.25, -0.2) is 0 Å². The van der Waals surface area contributed by atoms with Gasteiger partial charge < -0.3 is 4.74 Å². The molecule has 0 amide bonds. The highest BCUT2D eigenvalue weighted by molar-refractivity contribution is 9.08. The Hall–Kier alpha value is -0.570. The Bertz CT molecular complexity index is 252. The summed E-state index contributed by atoms with van der Waals surface area (Å²) in [5.41, 5.74) is 1.10. The van der Waals surface area contributed by atoms with E-state index in [0.29, 0.717) is 13.0 Å². The van der Waals surface area contributed by atoms with Crippen LogP contribution in [0.3, 0.4) is 0 Å². The zero-order valence-electron chi connectivity index (χ0n) is 7.30. The number of ether oxygens (including phenoxy) is 1. The van der Waals surface area contributed by atoms with Crippen LogP contribution < -0.4 is 4.74 Å². The highest BCUT2D eigenvalue weighted by Crippen LogP contribution is 2.20. The van der Waals surface area contributed by atoms with Gasteiger partial charge >= 0.3 is 0 Å². The van der Waals surface area contributed by atoms with Gasteiger partial charge in [0.2, 0.25) is 0 Å². The lowest BCUT2D eigenvalue weighted by Crippen LogP contribution is -1.99. The van der Waals surface area contributed by atoms with Crippen molar-refractivity contribution in [1.82, 2.24) is 0 Å². The van der Waals surface area contributed by atoms with Gasteiger partial charge in [0.15, 0.2) is 0 Å². The van der Waals surface area contributed by atoms with E-state index >= 15 is 0 Å². The van der Waals surface area contributed by atoms with Gasteiger partial charge in [-0.1, -0.05) is 34.1 Å². The van der Waals surface area contributed by atoms with Crippen LogP contribution in [0, 0.1) is 0 Å². The molecule has 13 heavy (non-hydrogen) atoms. The Morgan fingerprint density at radius 2 is 2.08 bits per heavy atom. The normalized spacial score (nSPS) is 10.0. The fourth-order valence-electron chi connectivity index (χ4n) is 0.992. The number of benzene rings is 1. The van der Waals surface area contributed by atoms with Gasteiger partial charge in [0.1, 0.15) is 5.75 Å². The van der Waals surface area contributed by atoms with Crippen molar-refractivity contribution in [3.8, 4) is 5.75 Å². The topological polar surface area (TPSA) is 9.23 Å². The molecule has 0 saturated carbocycles. The van der Waals surface area contributed by atoms with Crippen LogP contribution in [0.15, 0.2) is 24.3 Å². The quantitative estimate of drug-likeness (QED) is 0.572. The molecule has 0 unspecified atom stereocenters. The molecule has 0 fully saturated rings. The summed E-state index contributed by atoms with van der Waals surface area (Å²) in [5, 5.41) is 0.763. The molecule has 0 heterocycles. The van der Waals surface area contributed by atoms with E-state index in [9.17, 15) is 4.39 Å². The average Bonchev–Trinajstić information content (AvgIpc) is 2.19. The first-order chi connectivity index (χ1) is 6.38. The number of rotatable bonds is 5. The number of para-hydroxylation sites is 1. The first-order valence-electron chi connectivity index (χ1n) is 4.21. The Kier molecular flexibility index (Phi) is 4.83. The van der Waals surface area contributed by atoms with Crippen LogP contribution in [-0.2, 0) is 5.33 Å². The molecule has 0 atom stereocenters. The molecule has 0 aliphatic rings. The van der Waals surface area contributed by atoms with E-state index in [0.717, 1.165) is 16.6 Å². The minimum absolute atomic E-state index is 0.323. The van der Waals surface area contributed by atoms with E-state index < -0.39 is 0 Å². The largest absolute Gasteiger partial charge is 0.493 e. The minimum Gasteiger partial charge on any atom is -0.493 e. The number of hydrogen-bond acceptors (Lipinski definition) is 1. The lowest BCUT2D eigenvalue weighted by molar-refractivity contribution is 0.288. The molecule has 1 rings (SSSR count). The second kappa shape index (κ2) is 5.97. The Morgan fingerprint density at radius 1 is 1.31 bits per heavy atom. The van der Waals surface area contributed by atoms with Crippen molar-refractivity contribution >= 4 is 15.9 Å². The highest BCUT2D eigenvalue weighted by atomic mass is 79.9. The fourth-order valence-corrected chi connectivity index (χ4v) is 1.45. The second-order valence-corrected chi connectivity index (χ2v) is 3.19. The van der Waals surface area contributed by atoms with Crippen molar-refractivity contribution in [2.24, 2.45) is 0 Å². The lowest BCUT2D eigenvalue weighted by Gasteiger charge is -2.08. The van der Waals surface area contributed by atoms with Gasteiger partial charge in [-0.2, -0.15) is 0 Å². The minimum atomic E-state index is -0.323. The molecular weight excluding hydrogens is 235 g/mol. The second-order valence-electron chi connectivity index (χ2n) is 2.63. The molecule has 0 aliphatic heterocycles. The lowest BCUT2D eigenvalue weighted by atomic mass is 10.2. The summed E-state index contributed by atoms with van der Waals surface area (Å²) in [6.07, 6.45) is 0.455. The summed E-state index contributed by atoms with van der Waals surface area (Å²) in [6.45, 7) is 0.122. The fraction of sp³-hybridized carbons (Fsp3) is 0.400. The monoisotopic (exact) mass is 246 g/mol. The SMILES string of the molecule is FCCCOc1ccccc1CBr. The van der Waals surface area contributed by atoms with Crippen LogP contribution in [0.2, 0.25) is 0 Å². The Morgan fingerprint density at radius 3 is 2.77 bits per heavy atom. The smallest absolute Gasteiger partial charge is 0.123 e. The third-order valence-corrected chi connectivity index (χ3v) is 2.26. The molecule has 72 valence electrons. The maximum Gasteiger partial charge on any atom is 0.123 e. The van der Waals surface area contributed by atoms with Gasteiger partial charge in [0, 0.05) is 17.3 Å². The molecule has 0 spiro atoms. The van der Waals surface area contributed by atoms with Crippen molar-refractivity contribution in [3.05, 3.63) is 29.8 Å². The summed E-state index contributed by atoms with van der Waals surface area (Å²) in [5.74, 6) is 0.841. The van der Waals surface area contributed by atoms with E-state index in [1.807, 2.05) is 24.3 Å². The van der Waals surface area contributed by atoms with Crippen LogP contribution in [-0.4, -0.2) is 13.3 Å². The van der Waals surface area contributed by atoms with E-state index in [-0.39, 0.29) is 6.67 Å². The molecule has 0 radical (unpaired) electrons. The third kappa shape index (κ3) is 3.35. The van der Waals surface area contributed by atoms with Crippen molar-refractivity contribution in [2.75, 3.05) is 13.3 Å². The number of halogens is 2. The van der Waals surface area contributed by atoms with E-state index in [1.165, 1.54) is 0 Å². The summed E-state index contributed by atoms with van der Waals surface area (Å²) in [7, 11) is 0. The average molecular weight is 247 g/mol. The van der Waals surface area contributed by atoms with Gasteiger partial charge in [0.05, 0.1) is 13.3 Å². The van der Waals surface area contributed by atoms with E-state index in [2.05, 4.69) is 15.9 Å². The van der Waals surface area contributed by atoms with E-state index in [4.69, 9.17) is 4.74 Å². The van der Waals surface area contributed by atoms with Gasteiger partial charge in [-0.05, 0) is 6.07 Å². The Labute approximate surface area is 86.0 Å². The van der Waals surface area contributed by atoms with Gasteiger partial charge in [-0.3, -0.25) is 4.39 Å². The highest BCUT2D eigenvalue weighted by Gasteiger charge is 1.99. The zero-order valence-corrected chi connectivity index (χ0v) is 8.89.